The maximum atomic E-state index is 12.3. The van der Waals surface area contributed by atoms with Crippen LogP contribution in [0.2, 0.25) is 0 Å². The van der Waals surface area contributed by atoms with Crippen LogP contribution in [0, 0.1) is 5.92 Å². The molecule has 1 aromatic heterocycles. The predicted octanol–water partition coefficient (Wildman–Crippen LogP) is 2.74. The van der Waals surface area contributed by atoms with Crippen LogP contribution < -0.4 is 11.1 Å². The Morgan fingerprint density at radius 3 is 2.90 bits per heavy atom. The lowest BCUT2D eigenvalue weighted by Gasteiger charge is -2.13. The number of nitrogens with two attached hydrogens (primary N) is 1. The van der Waals surface area contributed by atoms with Crippen molar-refractivity contribution in [3.8, 4) is 0 Å². The van der Waals surface area contributed by atoms with Crippen LogP contribution in [0.25, 0.3) is 10.9 Å². The van der Waals surface area contributed by atoms with E-state index in [-0.39, 0.29) is 11.9 Å². The number of pyridine rings is 1. The summed E-state index contributed by atoms with van der Waals surface area (Å²) in [6.07, 6.45) is 3.28. The number of amides is 1. The number of benzene rings is 1. The molecular weight excluding hydrogens is 250 g/mol. The summed E-state index contributed by atoms with van der Waals surface area (Å²) in [6, 6.07) is 9.54. The van der Waals surface area contributed by atoms with Crippen molar-refractivity contribution in [2.24, 2.45) is 5.92 Å². The van der Waals surface area contributed by atoms with Crippen LogP contribution >= 0.6 is 0 Å². The molecule has 0 spiro atoms. The number of hydrogen-bond donors (Lipinski definition) is 2. The van der Waals surface area contributed by atoms with E-state index < -0.39 is 0 Å². The van der Waals surface area contributed by atoms with Gasteiger partial charge in [0.25, 0.3) is 5.91 Å². The zero-order valence-corrected chi connectivity index (χ0v) is 11.6. The highest BCUT2D eigenvalue weighted by Gasteiger charge is 2.23. The first-order chi connectivity index (χ1) is 9.63. The second-order valence-corrected chi connectivity index (χ2v) is 5.70. The smallest absolute Gasteiger partial charge is 0.270 e. The zero-order valence-electron chi connectivity index (χ0n) is 11.6. The number of nitrogens with one attached hydrogen (secondary N) is 1. The van der Waals surface area contributed by atoms with Gasteiger partial charge in [-0.05, 0) is 37.3 Å². The van der Waals surface area contributed by atoms with Gasteiger partial charge in [0.05, 0.1) is 5.52 Å². The van der Waals surface area contributed by atoms with Crippen molar-refractivity contribution < 1.29 is 4.79 Å². The number of fused-ring (bicyclic) bond motifs is 1. The molecule has 0 aliphatic heterocycles. The Bertz CT molecular complexity index is 653. The summed E-state index contributed by atoms with van der Waals surface area (Å²) in [7, 11) is 0. The summed E-state index contributed by atoms with van der Waals surface area (Å²) >= 11 is 0. The molecule has 4 nitrogen and oxygen atoms in total. The Labute approximate surface area is 118 Å². The SMILES string of the molecule is CC1CCC(NC(=O)c2cc(N)c3ccccc3n2)C1. The van der Waals surface area contributed by atoms with E-state index in [4.69, 9.17) is 5.73 Å². The van der Waals surface area contributed by atoms with E-state index in [1.54, 1.807) is 6.07 Å². The molecule has 20 heavy (non-hydrogen) atoms. The monoisotopic (exact) mass is 269 g/mol. The molecule has 1 aliphatic rings. The summed E-state index contributed by atoms with van der Waals surface area (Å²) in [5.74, 6) is 0.566. The molecule has 1 amide bonds. The van der Waals surface area contributed by atoms with Gasteiger partial charge < -0.3 is 11.1 Å². The van der Waals surface area contributed by atoms with Gasteiger partial charge in [-0.2, -0.15) is 0 Å². The minimum atomic E-state index is -0.124. The molecule has 3 N–H and O–H groups in total. The molecule has 1 saturated carbocycles. The number of hydrogen-bond acceptors (Lipinski definition) is 3. The van der Waals surface area contributed by atoms with E-state index in [0.29, 0.717) is 17.3 Å². The van der Waals surface area contributed by atoms with Crippen molar-refractivity contribution in [2.75, 3.05) is 5.73 Å². The second-order valence-electron chi connectivity index (χ2n) is 5.70. The Hall–Kier alpha value is -2.10. The van der Waals surface area contributed by atoms with Gasteiger partial charge in [0.2, 0.25) is 0 Å². The molecule has 4 heteroatoms. The third kappa shape index (κ3) is 2.46. The second kappa shape index (κ2) is 5.12. The molecule has 0 saturated heterocycles. The minimum Gasteiger partial charge on any atom is -0.398 e. The number of carbonyl (C=O) groups is 1. The van der Waals surface area contributed by atoms with Crippen LogP contribution in [-0.2, 0) is 0 Å². The maximum Gasteiger partial charge on any atom is 0.270 e. The molecule has 1 aliphatic carbocycles. The van der Waals surface area contributed by atoms with Gasteiger partial charge in [0.15, 0.2) is 0 Å². The zero-order chi connectivity index (χ0) is 14.1. The van der Waals surface area contributed by atoms with E-state index in [0.717, 1.165) is 23.7 Å². The van der Waals surface area contributed by atoms with Gasteiger partial charge in [0, 0.05) is 17.1 Å². The highest BCUT2D eigenvalue weighted by Crippen LogP contribution is 2.25. The van der Waals surface area contributed by atoms with E-state index in [1.165, 1.54) is 6.42 Å². The topological polar surface area (TPSA) is 68.0 Å². The van der Waals surface area contributed by atoms with Crippen molar-refractivity contribution in [1.82, 2.24) is 10.3 Å². The molecule has 0 bridgehead atoms. The van der Waals surface area contributed by atoms with Crippen molar-refractivity contribution in [3.05, 3.63) is 36.0 Å². The van der Waals surface area contributed by atoms with Gasteiger partial charge in [-0.1, -0.05) is 25.1 Å². The number of aromatic nitrogens is 1. The fourth-order valence-electron chi connectivity index (χ4n) is 2.92. The number of nitrogen functional groups attached to an aromatic ring is 1. The summed E-state index contributed by atoms with van der Waals surface area (Å²) in [5, 5.41) is 3.95. The number of nitrogens with zero attached hydrogens (tertiary/aromatic N) is 1. The minimum absolute atomic E-state index is 0.124. The Morgan fingerprint density at radius 1 is 1.35 bits per heavy atom. The fraction of sp³-hybridized carbons (Fsp3) is 0.375. The standard InChI is InChI=1S/C16H19N3O/c1-10-6-7-11(8-10)18-16(20)15-9-13(17)12-4-2-3-5-14(12)19-15/h2-5,9-11H,6-8H2,1H3,(H2,17,19)(H,18,20). The van der Waals surface area contributed by atoms with E-state index in [2.05, 4.69) is 17.2 Å². The van der Waals surface area contributed by atoms with Gasteiger partial charge in [-0.3, -0.25) is 4.79 Å². The Morgan fingerprint density at radius 2 is 2.15 bits per heavy atom. The molecule has 2 unspecified atom stereocenters. The van der Waals surface area contributed by atoms with Gasteiger partial charge >= 0.3 is 0 Å². The number of para-hydroxylation sites is 1. The van der Waals surface area contributed by atoms with E-state index in [9.17, 15) is 4.79 Å². The van der Waals surface area contributed by atoms with Crippen molar-refractivity contribution in [1.29, 1.82) is 0 Å². The third-order valence-corrected chi connectivity index (χ3v) is 4.01. The molecule has 2 atom stereocenters. The average molecular weight is 269 g/mol. The number of anilines is 1. The van der Waals surface area contributed by atoms with Crippen LogP contribution in [-0.4, -0.2) is 16.9 Å². The molecule has 1 heterocycles. The first-order valence-electron chi connectivity index (χ1n) is 7.09. The maximum absolute atomic E-state index is 12.3. The number of rotatable bonds is 2. The normalized spacial score (nSPS) is 22.1. The first kappa shape index (κ1) is 12.9. The lowest BCUT2D eigenvalue weighted by atomic mass is 10.1. The first-order valence-corrected chi connectivity index (χ1v) is 7.09. The van der Waals surface area contributed by atoms with Crippen molar-refractivity contribution in [3.63, 3.8) is 0 Å². The van der Waals surface area contributed by atoms with Crippen molar-refractivity contribution >= 4 is 22.5 Å². The van der Waals surface area contributed by atoms with Gasteiger partial charge in [-0.15, -0.1) is 0 Å². The van der Waals surface area contributed by atoms with Gasteiger partial charge in [-0.25, -0.2) is 4.98 Å². The third-order valence-electron chi connectivity index (χ3n) is 4.01. The molecule has 2 aromatic rings. The van der Waals surface area contributed by atoms with Crippen molar-refractivity contribution in [2.45, 2.75) is 32.2 Å². The molecule has 3 rings (SSSR count). The Balaban J connectivity index is 1.84. The summed E-state index contributed by atoms with van der Waals surface area (Å²) < 4.78 is 0. The predicted molar refractivity (Wildman–Crippen MR) is 80.4 cm³/mol. The van der Waals surface area contributed by atoms with E-state index in [1.807, 2.05) is 24.3 Å². The number of carbonyl (C=O) groups excluding carboxylic acids is 1. The summed E-state index contributed by atoms with van der Waals surface area (Å²) in [5.41, 5.74) is 7.77. The van der Waals surface area contributed by atoms with E-state index >= 15 is 0 Å². The Kier molecular flexibility index (Phi) is 3.30. The van der Waals surface area contributed by atoms with Crippen LogP contribution in [0.5, 0.6) is 0 Å². The van der Waals surface area contributed by atoms with Crippen LogP contribution in [0.15, 0.2) is 30.3 Å². The molecule has 0 radical (unpaired) electrons. The summed E-state index contributed by atoms with van der Waals surface area (Å²) in [4.78, 5) is 16.7. The van der Waals surface area contributed by atoms with Gasteiger partial charge in [0.1, 0.15) is 5.69 Å². The average Bonchev–Trinajstić information content (AvgIpc) is 2.84. The quantitative estimate of drug-likeness (QED) is 0.880. The molecular formula is C16H19N3O. The largest absolute Gasteiger partial charge is 0.398 e. The van der Waals surface area contributed by atoms with Crippen LogP contribution in [0.3, 0.4) is 0 Å². The lowest BCUT2D eigenvalue weighted by molar-refractivity contribution is 0.0932. The highest BCUT2D eigenvalue weighted by atomic mass is 16.1. The lowest BCUT2D eigenvalue weighted by Crippen LogP contribution is -2.33. The fourth-order valence-corrected chi connectivity index (χ4v) is 2.92. The molecule has 1 fully saturated rings. The molecule has 104 valence electrons. The van der Waals surface area contributed by atoms with Crippen LogP contribution in [0.1, 0.15) is 36.7 Å². The highest BCUT2D eigenvalue weighted by molar-refractivity contribution is 5.99. The summed E-state index contributed by atoms with van der Waals surface area (Å²) in [6.45, 7) is 2.22. The molecule has 1 aromatic carbocycles. The van der Waals surface area contributed by atoms with Crippen LogP contribution in [0.4, 0.5) is 5.69 Å².